The van der Waals surface area contributed by atoms with Crippen LogP contribution in [0.5, 0.6) is 0 Å². The van der Waals surface area contributed by atoms with E-state index in [9.17, 15) is 0 Å². The van der Waals surface area contributed by atoms with Crippen molar-refractivity contribution in [3.63, 3.8) is 0 Å². The predicted octanol–water partition coefficient (Wildman–Crippen LogP) is 1.89. The van der Waals surface area contributed by atoms with Gasteiger partial charge in [-0.15, -0.1) is 0 Å². The van der Waals surface area contributed by atoms with Crippen molar-refractivity contribution in [2.24, 2.45) is 5.92 Å². The van der Waals surface area contributed by atoms with E-state index in [1.807, 2.05) is 12.1 Å². The predicted molar refractivity (Wildman–Crippen MR) is 62.3 cm³/mol. The molecule has 0 aliphatic heterocycles. The van der Waals surface area contributed by atoms with Crippen LogP contribution in [0.4, 0.5) is 5.69 Å². The minimum Gasteiger partial charge on any atom is -0.397 e. The number of hydrogen-bond acceptors (Lipinski definition) is 3. The minimum absolute atomic E-state index is 0.671. The Bertz CT molecular complexity index is 316. The Morgan fingerprint density at radius 3 is 2.80 bits per heavy atom. The zero-order valence-electron chi connectivity index (χ0n) is 9.48. The average Bonchev–Trinajstić information content (AvgIpc) is 3.04. The van der Waals surface area contributed by atoms with E-state index >= 15 is 0 Å². The Hall–Kier alpha value is -1.09. The lowest BCUT2D eigenvalue weighted by molar-refractivity contribution is 0.224. The standard InChI is InChI=1S/C12H19N3/c1-9(10-3-4-10)15(2)8-12-6-5-11(13)7-14-12/h5-7,9-10H,3-4,8,13H2,1-2H3. The van der Waals surface area contributed by atoms with Gasteiger partial charge in [-0.1, -0.05) is 0 Å². The van der Waals surface area contributed by atoms with Gasteiger partial charge in [0.25, 0.3) is 0 Å². The summed E-state index contributed by atoms with van der Waals surface area (Å²) in [5.41, 5.74) is 7.43. The maximum atomic E-state index is 5.60. The fourth-order valence-electron chi connectivity index (χ4n) is 1.87. The third kappa shape index (κ3) is 2.69. The lowest BCUT2D eigenvalue weighted by Gasteiger charge is -2.24. The molecule has 0 radical (unpaired) electrons. The van der Waals surface area contributed by atoms with Crippen LogP contribution in [0.25, 0.3) is 0 Å². The molecule has 1 aliphatic rings. The van der Waals surface area contributed by atoms with Gasteiger partial charge < -0.3 is 5.73 Å². The van der Waals surface area contributed by atoms with Gasteiger partial charge in [0, 0.05) is 12.6 Å². The van der Waals surface area contributed by atoms with Crippen LogP contribution < -0.4 is 5.73 Å². The lowest BCUT2D eigenvalue weighted by Crippen LogP contribution is -2.30. The molecule has 1 unspecified atom stereocenters. The first-order valence-corrected chi connectivity index (χ1v) is 5.57. The van der Waals surface area contributed by atoms with E-state index < -0.39 is 0 Å². The van der Waals surface area contributed by atoms with E-state index in [2.05, 4.69) is 23.9 Å². The van der Waals surface area contributed by atoms with Gasteiger partial charge in [0.05, 0.1) is 17.6 Å². The quantitative estimate of drug-likeness (QED) is 0.816. The Balaban J connectivity index is 1.92. The number of nitrogens with zero attached hydrogens (tertiary/aromatic N) is 2. The van der Waals surface area contributed by atoms with E-state index in [4.69, 9.17) is 5.73 Å². The van der Waals surface area contributed by atoms with Crippen molar-refractivity contribution in [1.82, 2.24) is 9.88 Å². The van der Waals surface area contributed by atoms with E-state index in [-0.39, 0.29) is 0 Å². The van der Waals surface area contributed by atoms with E-state index in [0.717, 1.165) is 23.8 Å². The topological polar surface area (TPSA) is 42.1 Å². The SMILES string of the molecule is CC(C1CC1)N(C)Cc1ccc(N)cn1. The molecular formula is C12H19N3. The molecule has 0 saturated heterocycles. The highest BCUT2D eigenvalue weighted by atomic mass is 15.1. The van der Waals surface area contributed by atoms with Gasteiger partial charge in [-0.05, 0) is 44.9 Å². The normalized spacial score (nSPS) is 18.1. The smallest absolute Gasteiger partial charge is 0.0545 e. The summed E-state index contributed by atoms with van der Waals surface area (Å²) >= 11 is 0. The maximum absolute atomic E-state index is 5.60. The first-order valence-electron chi connectivity index (χ1n) is 5.57. The number of nitrogen functional groups attached to an aromatic ring is 1. The summed E-state index contributed by atoms with van der Waals surface area (Å²) in [6.45, 7) is 3.22. The molecule has 0 amide bonds. The van der Waals surface area contributed by atoms with Crippen molar-refractivity contribution in [2.75, 3.05) is 12.8 Å². The van der Waals surface area contributed by atoms with Gasteiger partial charge in [-0.25, -0.2) is 0 Å². The second kappa shape index (κ2) is 4.19. The highest BCUT2D eigenvalue weighted by Gasteiger charge is 2.30. The number of aromatic nitrogens is 1. The minimum atomic E-state index is 0.671. The Kier molecular flexibility index (Phi) is 2.91. The summed E-state index contributed by atoms with van der Waals surface area (Å²) < 4.78 is 0. The number of pyridine rings is 1. The number of anilines is 1. The van der Waals surface area contributed by atoms with Crippen molar-refractivity contribution < 1.29 is 0 Å². The van der Waals surface area contributed by atoms with Crippen molar-refractivity contribution in [3.05, 3.63) is 24.0 Å². The van der Waals surface area contributed by atoms with Gasteiger partial charge in [-0.3, -0.25) is 9.88 Å². The molecule has 1 aliphatic carbocycles. The molecule has 3 nitrogen and oxygen atoms in total. The second-order valence-corrected chi connectivity index (χ2v) is 4.58. The summed E-state index contributed by atoms with van der Waals surface area (Å²) in [6, 6.07) is 4.59. The highest BCUT2D eigenvalue weighted by Crippen LogP contribution is 2.34. The van der Waals surface area contributed by atoms with Crippen LogP contribution >= 0.6 is 0 Å². The van der Waals surface area contributed by atoms with Crippen LogP contribution in [0.2, 0.25) is 0 Å². The molecule has 1 aromatic rings. The monoisotopic (exact) mass is 205 g/mol. The number of rotatable bonds is 4. The van der Waals surface area contributed by atoms with E-state index in [1.165, 1.54) is 12.8 Å². The Labute approximate surface area is 91.3 Å². The molecule has 0 spiro atoms. The molecule has 3 heteroatoms. The molecule has 0 aromatic carbocycles. The number of hydrogen-bond donors (Lipinski definition) is 1. The van der Waals surface area contributed by atoms with Crippen LogP contribution in [0.15, 0.2) is 18.3 Å². The van der Waals surface area contributed by atoms with Crippen molar-refractivity contribution in [2.45, 2.75) is 32.4 Å². The third-order valence-corrected chi connectivity index (χ3v) is 3.26. The van der Waals surface area contributed by atoms with Crippen LogP contribution in [0.3, 0.4) is 0 Å². The van der Waals surface area contributed by atoms with Gasteiger partial charge >= 0.3 is 0 Å². The molecule has 82 valence electrons. The molecule has 15 heavy (non-hydrogen) atoms. The first-order chi connectivity index (χ1) is 7.16. The molecule has 1 heterocycles. The summed E-state index contributed by atoms with van der Waals surface area (Å²) in [4.78, 5) is 6.68. The molecule has 1 fully saturated rings. The van der Waals surface area contributed by atoms with Gasteiger partial charge in [-0.2, -0.15) is 0 Å². The van der Waals surface area contributed by atoms with E-state index in [0.29, 0.717) is 6.04 Å². The number of nitrogens with two attached hydrogens (primary N) is 1. The van der Waals surface area contributed by atoms with E-state index in [1.54, 1.807) is 6.20 Å². The van der Waals surface area contributed by atoms with Crippen molar-refractivity contribution in [3.8, 4) is 0 Å². The molecular weight excluding hydrogens is 186 g/mol. The van der Waals surface area contributed by atoms with Gasteiger partial charge in [0.15, 0.2) is 0 Å². The lowest BCUT2D eigenvalue weighted by atomic mass is 10.2. The average molecular weight is 205 g/mol. The largest absolute Gasteiger partial charge is 0.397 e. The molecule has 0 bridgehead atoms. The van der Waals surface area contributed by atoms with Crippen molar-refractivity contribution >= 4 is 5.69 Å². The summed E-state index contributed by atoms with van der Waals surface area (Å²) in [7, 11) is 2.17. The fourth-order valence-corrected chi connectivity index (χ4v) is 1.87. The summed E-state index contributed by atoms with van der Waals surface area (Å²) in [5.74, 6) is 0.906. The van der Waals surface area contributed by atoms with Crippen LogP contribution in [-0.4, -0.2) is 23.0 Å². The van der Waals surface area contributed by atoms with Gasteiger partial charge in [0.1, 0.15) is 0 Å². The molecule has 1 aromatic heterocycles. The van der Waals surface area contributed by atoms with Crippen molar-refractivity contribution in [1.29, 1.82) is 0 Å². The maximum Gasteiger partial charge on any atom is 0.0545 e. The third-order valence-electron chi connectivity index (χ3n) is 3.26. The summed E-state index contributed by atoms with van der Waals surface area (Å²) in [5, 5.41) is 0. The summed E-state index contributed by atoms with van der Waals surface area (Å²) in [6.07, 6.45) is 4.51. The van der Waals surface area contributed by atoms with Crippen LogP contribution in [-0.2, 0) is 6.54 Å². The molecule has 2 rings (SSSR count). The second-order valence-electron chi connectivity index (χ2n) is 4.58. The molecule has 1 saturated carbocycles. The van der Waals surface area contributed by atoms with Gasteiger partial charge in [0.2, 0.25) is 0 Å². The zero-order valence-corrected chi connectivity index (χ0v) is 9.48. The van der Waals surface area contributed by atoms with Crippen LogP contribution in [0.1, 0.15) is 25.5 Å². The fraction of sp³-hybridized carbons (Fsp3) is 0.583. The first kappa shape index (κ1) is 10.4. The Morgan fingerprint density at radius 1 is 1.53 bits per heavy atom. The molecule has 1 atom stereocenters. The van der Waals surface area contributed by atoms with Crippen LogP contribution in [0, 0.1) is 5.92 Å². The highest BCUT2D eigenvalue weighted by molar-refractivity contribution is 5.34. The zero-order chi connectivity index (χ0) is 10.8. The Morgan fingerprint density at radius 2 is 2.27 bits per heavy atom. The molecule has 2 N–H and O–H groups in total.